The van der Waals surface area contributed by atoms with Crippen LogP contribution in [-0.4, -0.2) is 59.3 Å². The van der Waals surface area contributed by atoms with Crippen LogP contribution in [0.3, 0.4) is 0 Å². The number of fused-ring (bicyclic) bond motifs is 1. The molecule has 6 heteroatoms. The topological polar surface area (TPSA) is 99.0 Å². The third kappa shape index (κ3) is 9.16. The lowest BCUT2D eigenvalue weighted by Gasteiger charge is -2.40. The van der Waals surface area contributed by atoms with Crippen LogP contribution in [0.1, 0.15) is 90.9 Å². The average molecular weight is 466 g/mol. The van der Waals surface area contributed by atoms with Crippen molar-refractivity contribution in [2.75, 3.05) is 19.8 Å². The average Bonchev–Trinajstić information content (AvgIpc) is 2.84. The summed E-state index contributed by atoms with van der Waals surface area (Å²) in [6, 6.07) is 0. The Kier molecular flexibility index (Phi) is 12.7. The van der Waals surface area contributed by atoms with Crippen molar-refractivity contribution in [2.24, 2.45) is 11.3 Å². The monoisotopic (exact) mass is 465 g/mol. The Morgan fingerprint density at radius 1 is 1.27 bits per heavy atom. The zero-order valence-electron chi connectivity index (χ0n) is 20.8. The molecule has 33 heavy (non-hydrogen) atoms. The van der Waals surface area contributed by atoms with E-state index < -0.39 is 0 Å². The molecule has 0 bridgehead atoms. The number of amides is 1. The maximum Gasteiger partial charge on any atom is 0.246 e. The molecule has 1 fully saturated rings. The van der Waals surface area contributed by atoms with Crippen LogP contribution >= 0.6 is 0 Å². The minimum absolute atomic E-state index is 0.00444. The largest absolute Gasteiger partial charge is 0.396 e. The highest BCUT2D eigenvalue weighted by Gasteiger charge is 2.39. The lowest BCUT2D eigenvalue weighted by molar-refractivity contribution is -0.128. The van der Waals surface area contributed by atoms with Crippen molar-refractivity contribution in [3.8, 4) is 0 Å². The summed E-state index contributed by atoms with van der Waals surface area (Å²) in [5, 5.41) is 32.9. The minimum atomic E-state index is -0.332. The fourth-order valence-electron chi connectivity index (χ4n) is 5.26. The number of hydrogen-bond donors (Lipinski definition) is 4. The molecule has 0 aromatic rings. The zero-order valence-corrected chi connectivity index (χ0v) is 20.8. The van der Waals surface area contributed by atoms with Crippen molar-refractivity contribution in [1.29, 1.82) is 0 Å². The van der Waals surface area contributed by atoms with E-state index in [1.54, 1.807) is 0 Å². The van der Waals surface area contributed by atoms with Crippen LogP contribution < -0.4 is 5.32 Å². The summed E-state index contributed by atoms with van der Waals surface area (Å²) in [6.45, 7) is 4.91. The third-order valence-electron chi connectivity index (χ3n) is 7.53. The van der Waals surface area contributed by atoms with Crippen LogP contribution in [0.2, 0.25) is 0 Å². The third-order valence-corrected chi connectivity index (χ3v) is 7.53. The van der Waals surface area contributed by atoms with Gasteiger partial charge in [-0.2, -0.15) is 0 Å². The second-order valence-electron chi connectivity index (χ2n) is 10.1. The number of aliphatic hydroxyl groups is 3. The molecule has 0 aromatic heterocycles. The molecule has 6 nitrogen and oxygen atoms in total. The number of rotatable bonds is 13. The van der Waals surface area contributed by atoms with E-state index in [1.807, 2.05) is 12.2 Å². The first-order valence-electron chi connectivity index (χ1n) is 13.1. The van der Waals surface area contributed by atoms with Gasteiger partial charge < -0.3 is 25.4 Å². The SMILES string of the molecule is CCCCC[C@H](O)CC[C@@H]1CCC2=CC=CC(OCC(=O)NCCCO)C2(C)CCC[C@H]1O. The van der Waals surface area contributed by atoms with Crippen LogP contribution in [0, 0.1) is 11.3 Å². The van der Waals surface area contributed by atoms with Crippen LogP contribution in [0.15, 0.2) is 23.8 Å². The van der Waals surface area contributed by atoms with Gasteiger partial charge in [-0.3, -0.25) is 4.79 Å². The molecule has 190 valence electrons. The number of carbonyl (C=O) groups is 1. The molecule has 2 rings (SSSR count). The molecule has 5 atom stereocenters. The second-order valence-corrected chi connectivity index (χ2v) is 10.1. The van der Waals surface area contributed by atoms with E-state index in [4.69, 9.17) is 9.84 Å². The van der Waals surface area contributed by atoms with E-state index in [0.29, 0.717) is 13.0 Å². The normalized spacial score (nSPS) is 28.8. The fourth-order valence-corrected chi connectivity index (χ4v) is 5.26. The summed E-state index contributed by atoms with van der Waals surface area (Å²) in [6.07, 6.45) is 16.3. The van der Waals surface area contributed by atoms with Crippen LogP contribution in [-0.2, 0) is 9.53 Å². The number of hydrogen-bond acceptors (Lipinski definition) is 5. The molecular formula is C27H47NO5. The maximum absolute atomic E-state index is 12.1. The molecule has 0 aromatic carbocycles. The standard InChI is InChI=1S/C27H47NO5/c1-3-4-5-10-23(30)16-14-21-13-15-22-9-6-12-25(27(22,2)17-7-11-24(21)31)33-20-26(32)28-18-8-19-29/h6,9,12,21,23-25,29-31H,3-5,7-8,10-11,13-20H2,1-2H3,(H,28,32)/t21-,23-,24+,25?,27?/m0/s1. The summed E-state index contributed by atoms with van der Waals surface area (Å²) in [7, 11) is 0. The van der Waals surface area contributed by atoms with Crippen molar-refractivity contribution in [3.05, 3.63) is 23.8 Å². The second kappa shape index (κ2) is 14.9. The Labute approximate surface area is 200 Å². The van der Waals surface area contributed by atoms with Crippen molar-refractivity contribution in [1.82, 2.24) is 5.32 Å². The van der Waals surface area contributed by atoms with Gasteiger partial charge >= 0.3 is 0 Å². The van der Waals surface area contributed by atoms with E-state index in [1.165, 1.54) is 5.57 Å². The Bertz CT molecular complexity index is 634. The van der Waals surface area contributed by atoms with Gasteiger partial charge in [-0.1, -0.05) is 56.9 Å². The molecule has 2 unspecified atom stereocenters. The number of ether oxygens (including phenoxy) is 1. The molecule has 2 aliphatic carbocycles. The first kappa shape index (κ1) is 28.0. The van der Waals surface area contributed by atoms with Crippen molar-refractivity contribution < 1.29 is 24.9 Å². The van der Waals surface area contributed by atoms with Gasteiger partial charge in [-0.05, 0) is 63.7 Å². The van der Waals surface area contributed by atoms with Gasteiger partial charge in [0.25, 0.3) is 0 Å². The number of allylic oxidation sites excluding steroid dienone is 2. The van der Waals surface area contributed by atoms with E-state index in [0.717, 1.165) is 70.6 Å². The number of nitrogens with one attached hydrogen (secondary N) is 1. The number of carbonyl (C=O) groups excluding carboxylic acids is 1. The quantitative estimate of drug-likeness (QED) is 0.308. The molecule has 2 aliphatic rings. The van der Waals surface area contributed by atoms with Gasteiger partial charge in [0, 0.05) is 18.6 Å². The van der Waals surface area contributed by atoms with E-state index in [9.17, 15) is 15.0 Å². The highest BCUT2D eigenvalue weighted by molar-refractivity contribution is 5.77. The Morgan fingerprint density at radius 3 is 2.85 bits per heavy atom. The Morgan fingerprint density at radius 2 is 2.09 bits per heavy atom. The van der Waals surface area contributed by atoms with Crippen LogP contribution in [0.5, 0.6) is 0 Å². The molecule has 0 saturated heterocycles. The Hall–Kier alpha value is -1.21. The molecule has 0 aliphatic heterocycles. The Balaban J connectivity index is 1.93. The summed E-state index contributed by atoms with van der Waals surface area (Å²) >= 11 is 0. The lowest BCUT2D eigenvalue weighted by atomic mass is 9.69. The van der Waals surface area contributed by atoms with Gasteiger partial charge in [0.2, 0.25) is 5.91 Å². The van der Waals surface area contributed by atoms with Gasteiger partial charge in [-0.15, -0.1) is 0 Å². The maximum atomic E-state index is 12.1. The first-order chi connectivity index (χ1) is 15.9. The lowest BCUT2D eigenvalue weighted by Crippen LogP contribution is -2.39. The van der Waals surface area contributed by atoms with Gasteiger partial charge in [-0.25, -0.2) is 0 Å². The predicted molar refractivity (Wildman–Crippen MR) is 132 cm³/mol. The minimum Gasteiger partial charge on any atom is -0.396 e. The van der Waals surface area contributed by atoms with Gasteiger partial charge in [0.1, 0.15) is 6.61 Å². The molecule has 1 amide bonds. The zero-order chi connectivity index (χ0) is 24.1. The highest BCUT2D eigenvalue weighted by Crippen LogP contribution is 2.45. The molecule has 4 N–H and O–H groups in total. The van der Waals surface area contributed by atoms with E-state index >= 15 is 0 Å². The van der Waals surface area contributed by atoms with Crippen molar-refractivity contribution in [3.63, 3.8) is 0 Å². The highest BCUT2D eigenvalue weighted by atomic mass is 16.5. The number of aliphatic hydroxyl groups excluding tert-OH is 3. The summed E-state index contributed by atoms with van der Waals surface area (Å²) in [4.78, 5) is 12.1. The summed E-state index contributed by atoms with van der Waals surface area (Å²) in [5.74, 6) is 0.0456. The summed E-state index contributed by atoms with van der Waals surface area (Å²) < 4.78 is 6.07. The van der Waals surface area contributed by atoms with Gasteiger partial charge in [0.15, 0.2) is 0 Å². The number of unbranched alkanes of at least 4 members (excludes halogenated alkanes) is 2. The van der Waals surface area contributed by atoms with Crippen molar-refractivity contribution in [2.45, 2.75) is 109 Å². The molecule has 0 radical (unpaired) electrons. The van der Waals surface area contributed by atoms with Crippen molar-refractivity contribution >= 4 is 5.91 Å². The fraction of sp³-hybridized carbons (Fsp3) is 0.815. The summed E-state index contributed by atoms with van der Waals surface area (Å²) in [5.41, 5.74) is 1.15. The van der Waals surface area contributed by atoms with Crippen LogP contribution in [0.4, 0.5) is 0 Å². The molecule has 1 saturated carbocycles. The van der Waals surface area contributed by atoms with E-state index in [-0.39, 0.29) is 48.8 Å². The first-order valence-corrected chi connectivity index (χ1v) is 13.1. The smallest absolute Gasteiger partial charge is 0.246 e. The molecular weight excluding hydrogens is 418 g/mol. The molecule has 0 heterocycles. The van der Waals surface area contributed by atoms with E-state index in [2.05, 4.69) is 25.2 Å². The molecule has 0 spiro atoms. The van der Waals surface area contributed by atoms with Crippen LogP contribution in [0.25, 0.3) is 0 Å². The van der Waals surface area contributed by atoms with Gasteiger partial charge in [0.05, 0.1) is 18.3 Å². The predicted octanol–water partition coefficient (Wildman–Crippen LogP) is 4.04.